The summed E-state index contributed by atoms with van der Waals surface area (Å²) in [5.74, 6) is 2.40. The Bertz CT molecular complexity index is 506. The van der Waals surface area contributed by atoms with Crippen molar-refractivity contribution in [2.24, 2.45) is 23.9 Å². The average Bonchev–Trinajstić information content (AvgIpc) is 2.95. The van der Waals surface area contributed by atoms with Crippen LogP contribution in [0.15, 0.2) is 23.5 Å². The van der Waals surface area contributed by atoms with Crippen molar-refractivity contribution in [3.63, 3.8) is 0 Å². The van der Waals surface area contributed by atoms with Crippen LogP contribution in [0.4, 0.5) is 0 Å². The molecule has 0 bridgehead atoms. The maximum atomic E-state index is 4.72. The first-order chi connectivity index (χ1) is 11.6. The molecular formula is C19H35N5. The third kappa shape index (κ3) is 6.56. The Morgan fingerprint density at radius 3 is 2.88 bits per heavy atom. The van der Waals surface area contributed by atoms with Gasteiger partial charge in [0.15, 0.2) is 5.96 Å². The summed E-state index contributed by atoms with van der Waals surface area (Å²) in [6.45, 7) is 13.0. The van der Waals surface area contributed by atoms with Crippen molar-refractivity contribution in [2.75, 3.05) is 32.7 Å². The normalized spacial score (nSPS) is 19.7. The van der Waals surface area contributed by atoms with Crippen LogP contribution in [-0.2, 0) is 13.6 Å². The van der Waals surface area contributed by atoms with Crippen LogP contribution in [0.5, 0.6) is 0 Å². The lowest BCUT2D eigenvalue weighted by molar-refractivity contribution is 0.159. The zero-order valence-electron chi connectivity index (χ0n) is 15.9. The van der Waals surface area contributed by atoms with Crippen molar-refractivity contribution in [1.82, 2.24) is 20.1 Å². The standard InChI is InChI=1S/C19H35N5/c1-5-20-19(22-12-18-8-10-23(4)14-18)21-11-17-7-6-9-24(15-17)13-16(2)3/h8,10,14,16-17H,5-7,9,11-13,15H2,1-4H3,(H2,20,21,22). The van der Waals surface area contributed by atoms with Crippen molar-refractivity contribution >= 4 is 5.96 Å². The van der Waals surface area contributed by atoms with E-state index < -0.39 is 0 Å². The molecule has 1 unspecified atom stereocenters. The molecule has 1 aromatic rings. The predicted octanol–water partition coefficient (Wildman–Crippen LogP) is 2.45. The Balaban J connectivity index is 1.81. The highest BCUT2D eigenvalue weighted by Crippen LogP contribution is 2.16. The second-order valence-electron chi connectivity index (χ2n) is 7.42. The zero-order chi connectivity index (χ0) is 17.4. The van der Waals surface area contributed by atoms with Crippen LogP contribution in [0.3, 0.4) is 0 Å². The monoisotopic (exact) mass is 333 g/mol. The molecule has 0 radical (unpaired) electrons. The Hall–Kier alpha value is -1.49. The summed E-state index contributed by atoms with van der Waals surface area (Å²) in [6, 6.07) is 2.12. The summed E-state index contributed by atoms with van der Waals surface area (Å²) < 4.78 is 2.07. The molecule has 1 aliphatic heterocycles. The maximum absolute atomic E-state index is 4.72. The number of hydrogen-bond donors (Lipinski definition) is 2. The molecule has 2 rings (SSSR count). The maximum Gasteiger partial charge on any atom is 0.191 e. The fraction of sp³-hybridized carbons (Fsp3) is 0.737. The van der Waals surface area contributed by atoms with Gasteiger partial charge in [0.25, 0.3) is 0 Å². The van der Waals surface area contributed by atoms with Crippen LogP contribution in [0.1, 0.15) is 39.2 Å². The van der Waals surface area contributed by atoms with E-state index in [9.17, 15) is 0 Å². The van der Waals surface area contributed by atoms with Gasteiger partial charge in [0.05, 0.1) is 6.54 Å². The van der Waals surface area contributed by atoms with Crippen LogP contribution >= 0.6 is 0 Å². The van der Waals surface area contributed by atoms with Crippen LogP contribution in [0.25, 0.3) is 0 Å². The molecule has 5 heteroatoms. The largest absolute Gasteiger partial charge is 0.357 e. The van der Waals surface area contributed by atoms with Crippen LogP contribution in [0.2, 0.25) is 0 Å². The lowest BCUT2D eigenvalue weighted by Crippen LogP contribution is -2.45. The molecule has 2 heterocycles. The van der Waals surface area contributed by atoms with E-state index in [2.05, 4.69) is 59.3 Å². The molecular weight excluding hydrogens is 298 g/mol. The minimum Gasteiger partial charge on any atom is -0.357 e. The Labute approximate surface area is 147 Å². The number of aromatic nitrogens is 1. The van der Waals surface area contributed by atoms with E-state index in [4.69, 9.17) is 4.99 Å². The van der Waals surface area contributed by atoms with Gasteiger partial charge in [0.1, 0.15) is 0 Å². The number of piperidine rings is 1. The summed E-state index contributed by atoms with van der Waals surface area (Å²) in [6.07, 6.45) is 6.82. The number of aliphatic imine (C=N–C) groups is 1. The highest BCUT2D eigenvalue weighted by atomic mass is 15.2. The third-order valence-electron chi connectivity index (χ3n) is 4.44. The van der Waals surface area contributed by atoms with Gasteiger partial charge in [-0.2, -0.15) is 0 Å². The summed E-state index contributed by atoms with van der Waals surface area (Å²) in [4.78, 5) is 7.34. The van der Waals surface area contributed by atoms with Crippen molar-refractivity contribution in [3.8, 4) is 0 Å². The summed E-state index contributed by atoms with van der Waals surface area (Å²) in [5.41, 5.74) is 1.25. The molecule has 0 aliphatic carbocycles. The minimum atomic E-state index is 0.720. The molecule has 1 fully saturated rings. The lowest BCUT2D eigenvalue weighted by atomic mass is 9.97. The smallest absolute Gasteiger partial charge is 0.191 e. The second-order valence-corrected chi connectivity index (χ2v) is 7.42. The number of aryl methyl sites for hydroxylation is 1. The summed E-state index contributed by atoms with van der Waals surface area (Å²) in [5, 5.41) is 6.91. The van der Waals surface area contributed by atoms with Crippen LogP contribution in [0, 0.1) is 11.8 Å². The molecule has 2 N–H and O–H groups in total. The highest BCUT2D eigenvalue weighted by molar-refractivity contribution is 5.79. The average molecular weight is 334 g/mol. The van der Waals surface area contributed by atoms with Gasteiger partial charge in [-0.1, -0.05) is 13.8 Å². The number of nitrogens with zero attached hydrogens (tertiary/aromatic N) is 3. The van der Waals surface area contributed by atoms with Crippen molar-refractivity contribution in [2.45, 2.75) is 40.2 Å². The molecule has 1 aromatic heterocycles. The lowest BCUT2D eigenvalue weighted by Gasteiger charge is -2.34. The first-order valence-corrected chi connectivity index (χ1v) is 9.42. The van der Waals surface area contributed by atoms with Gasteiger partial charge in [-0.25, -0.2) is 4.99 Å². The van der Waals surface area contributed by atoms with Crippen molar-refractivity contribution < 1.29 is 0 Å². The molecule has 0 spiro atoms. The minimum absolute atomic E-state index is 0.720. The molecule has 0 amide bonds. The number of rotatable bonds is 7. The molecule has 1 atom stereocenters. The van der Waals surface area contributed by atoms with Gasteiger partial charge in [-0.3, -0.25) is 0 Å². The quantitative estimate of drug-likeness (QED) is 0.595. The molecule has 136 valence electrons. The van der Waals surface area contributed by atoms with E-state index in [1.54, 1.807) is 0 Å². The Morgan fingerprint density at radius 2 is 2.21 bits per heavy atom. The molecule has 1 saturated heterocycles. The molecule has 5 nitrogen and oxygen atoms in total. The zero-order valence-corrected chi connectivity index (χ0v) is 15.9. The van der Waals surface area contributed by atoms with Crippen molar-refractivity contribution in [3.05, 3.63) is 24.0 Å². The third-order valence-corrected chi connectivity index (χ3v) is 4.44. The van der Waals surface area contributed by atoms with E-state index in [1.807, 2.05) is 7.05 Å². The van der Waals surface area contributed by atoms with Crippen LogP contribution < -0.4 is 10.6 Å². The van der Waals surface area contributed by atoms with E-state index in [1.165, 1.54) is 38.0 Å². The first kappa shape index (κ1) is 18.8. The van der Waals surface area contributed by atoms with Gasteiger partial charge in [-0.15, -0.1) is 0 Å². The number of nitrogens with one attached hydrogen (secondary N) is 2. The Kier molecular flexibility index (Phi) is 7.63. The van der Waals surface area contributed by atoms with Gasteiger partial charge in [0, 0.05) is 45.6 Å². The Morgan fingerprint density at radius 1 is 1.38 bits per heavy atom. The molecule has 1 aliphatic rings. The molecule has 0 saturated carbocycles. The number of likely N-dealkylation sites (tertiary alicyclic amines) is 1. The molecule has 0 aromatic carbocycles. The number of hydrogen-bond acceptors (Lipinski definition) is 2. The fourth-order valence-corrected chi connectivity index (χ4v) is 3.41. The predicted molar refractivity (Wildman–Crippen MR) is 102 cm³/mol. The van der Waals surface area contributed by atoms with E-state index >= 15 is 0 Å². The second kappa shape index (κ2) is 9.72. The fourth-order valence-electron chi connectivity index (χ4n) is 3.41. The van der Waals surface area contributed by atoms with E-state index in [0.717, 1.165) is 37.4 Å². The van der Waals surface area contributed by atoms with Gasteiger partial charge >= 0.3 is 0 Å². The van der Waals surface area contributed by atoms with E-state index in [0.29, 0.717) is 0 Å². The van der Waals surface area contributed by atoms with Crippen molar-refractivity contribution in [1.29, 1.82) is 0 Å². The van der Waals surface area contributed by atoms with Gasteiger partial charge in [0.2, 0.25) is 0 Å². The highest BCUT2D eigenvalue weighted by Gasteiger charge is 2.20. The van der Waals surface area contributed by atoms with Gasteiger partial charge < -0.3 is 20.1 Å². The number of guanidine groups is 1. The summed E-state index contributed by atoms with van der Waals surface area (Å²) >= 11 is 0. The van der Waals surface area contributed by atoms with Gasteiger partial charge in [-0.05, 0) is 49.8 Å². The first-order valence-electron chi connectivity index (χ1n) is 9.42. The SMILES string of the molecule is CCNC(=NCc1ccn(C)c1)NCC1CCCN(CC(C)C)C1. The van der Waals surface area contributed by atoms with E-state index in [-0.39, 0.29) is 0 Å². The summed E-state index contributed by atoms with van der Waals surface area (Å²) in [7, 11) is 2.04. The molecule has 24 heavy (non-hydrogen) atoms. The topological polar surface area (TPSA) is 44.6 Å². The van der Waals surface area contributed by atoms with Crippen LogP contribution in [-0.4, -0.2) is 48.2 Å².